The van der Waals surface area contributed by atoms with Gasteiger partial charge in [0, 0.05) is 52.7 Å². The average Bonchev–Trinajstić information content (AvgIpc) is 3.78. The second kappa shape index (κ2) is 20.3. The first-order valence-electron chi connectivity index (χ1n) is 19.4. The quantitative estimate of drug-likeness (QED) is 0.170. The Labute approximate surface area is 307 Å². The number of benzene rings is 2. The van der Waals surface area contributed by atoms with Crippen molar-refractivity contribution in [3.8, 4) is 0 Å². The summed E-state index contributed by atoms with van der Waals surface area (Å²) in [6.45, 7) is 16.3. The van der Waals surface area contributed by atoms with Crippen LogP contribution >= 0.6 is 0 Å². The highest BCUT2D eigenvalue weighted by Crippen LogP contribution is 2.27. The largest absolute Gasteiger partial charge is 0.362 e. The van der Waals surface area contributed by atoms with Crippen molar-refractivity contribution in [1.29, 1.82) is 0 Å². The van der Waals surface area contributed by atoms with Crippen LogP contribution < -0.4 is 5.32 Å². The van der Waals surface area contributed by atoms with Gasteiger partial charge in [-0.2, -0.15) is 0 Å². The zero-order chi connectivity index (χ0) is 36.8. The summed E-state index contributed by atoms with van der Waals surface area (Å²) >= 11 is 0. The van der Waals surface area contributed by atoms with Gasteiger partial charge in [0.05, 0.1) is 47.1 Å². The molecule has 3 aliphatic heterocycles. The molecule has 2 aromatic carbocycles. The molecule has 5 heterocycles. The number of imidazole rings is 2. The van der Waals surface area contributed by atoms with Crippen LogP contribution in [0.2, 0.25) is 0 Å². The number of nitrogens with zero attached hydrogens (tertiary/aromatic N) is 8. The van der Waals surface area contributed by atoms with Gasteiger partial charge >= 0.3 is 0 Å². The summed E-state index contributed by atoms with van der Waals surface area (Å²) < 4.78 is 4.62. The molecule has 0 saturated carbocycles. The predicted octanol–water partition coefficient (Wildman–Crippen LogP) is 7.14. The Morgan fingerprint density at radius 1 is 0.922 bits per heavy atom. The van der Waals surface area contributed by atoms with Gasteiger partial charge in [0.2, 0.25) is 5.91 Å². The molecule has 1 amide bonds. The van der Waals surface area contributed by atoms with E-state index in [0.29, 0.717) is 18.1 Å². The van der Waals surface area contributed by atoms with Crippen LogP contribution in [0.4, 0.5) is 0 Å². The molecule has 10 nitrogen and oxygen atoms in total. The van der Waals surface area contributed by atoms with Crippen LogP contribution in [-0.2, 0) is 11.2 Å². The number of fused-ring (bicyclic) bond motifs is 2. The maximum absolute atomic E-state index is 11.5. The Hall–Kier alpha value is -3.76. The van der Waals surface area contributed by atoms with Crippen LogP contribution in [0.25, 0.3) is 22.1 Å². The summed E-state index contributed by atoms with van der Waals surface area (Å²) in [6.07, 6.45) is 15.4. The van der Waals surface area contributed by atoms with E-state index in [9.17, 15) is 4.79 Å². The van der Waals surface area contributed by atoms with Gasteiger partial charge in [-0.15, -0.1) is 0 Å². The number of aryl methyl sites for hydroxylation is 2. The number of aromatic nitrogens is 4. The van der Waals surface area contributed by atoms with Crippen LogP contribution in [0.1, 0.15) is 95.9 Å². The summed E-state index contributed by atoms with van der Waals surface area (Å²) in [7, 11) is 6.11. The van der Waals surface area contributed by atoms with E-state index in [1.807, 2.05) is 44.8 Å². The van der Waals surface area contributed by atoms with Crippen molar-refractivity contribution in [1.82, 2.24) is 39.1 Å². The lowest BCUT2D eigenvalue weighted by molar-refractivity contribution is -0.130. The predicted molar refractivity (Wildman–Crippen MR) is 214 cm³/mol. The fourth-order valence-electron chi connectivity index (χ4n) is 7.53. The summed E-state index contributed by atoms with van der Waals surface area (Å²) in [5, 5.41) is 3.42. The topological polar surface area (TPSA) is 86.8 Å². The number of rotatable bonds is 6. The summed E-state index contributed by atoms with van der Waals surface area (Å²) in [5.74, 6) is 0.172. The summed E-state index contributed by atoms with van der Waals surface area (Å²) in [6, 6.07) is 14.7. The van der Waals surface area contributed by atoms with Crippen LogP contribution in [0.15, 0.2) is 54.0 Å². The van der Waals surface area contributed by atoms with Crippen molar-refractivity contribution in [3.63, 3.8) is 0 Å². The molecule has 0 spiro atoms. The number of aliphatic imine (C=N–C) groups is 1. The number of hydrogen-bond acceptors (Lipinski definition) is 6. The van der Waals surface area contributed by atoms with Gasteiger partial charge in [-0.25, -0.2) is 9.97 Å². The van der Waals surface area contributed by atoms with Crippen molar-refractivity contribution < 1.29 is 4.79 Å². The Morgan fingerprint density at radius 2 is 1.57 bits per heavy atom. The van der Waals surface area contributed by atoms with Crippen molar-refractivity contribution in [2.75, 3.05) is 60.4 Å². The highest BCUT2D eigenvalue weighted by molar-refractivity contribution is 5.77. The zero-order valence-corrected chi connectivity index (χ0v) is 32.8. The third kappa shape index (κ3) is 11.1. The van der Waals surface area contributed by atoms with Gasteiger partial charge in [0.25, 0.3) is 0 Å². The Bertz CT molecular complexity index is 1650. The van der Waals surface area contributed by atoms with Gasteiger partial charge in [0.1, 0.15) is 0 Å². The molecule has 3 fully saturated rings. The molecule has 4 aromatic rings. The third-order valence-corrected chi connectivity index (χ3v) is 10.3. The zero-order valence-electron chi connectivity index (χ0n) is 32.8. The molecular weight excluding hydrogens is 635 g/mol. The molecular formula is C41H65N9O. The first kappa shape index (κ1) is 40.0. The number of hydrogen-bond donors (Lipinski definition) is 1. The standard InChI is InChI=1S/C15H19N3O.C15H21N3.C9H19N3.C2H6/c1-11-5-6-14-15(8-11)18(10-16-14)13-4-3-7-17(9-13)12(2)19;1-2-3-12-4-5-14-15(10-12)18(11-17-14)13-6-8-16-9-7-13;1-10-8-12(3)9-5-4-6-11(2)7-9;1-2/h5-6,8,10,13H,3-4,7,9H2,1-2H3;4-5,10-11,13,16H,2-3,6-9H2,1H3;8-9H,4-7H2,1-3H3;1-2H3. The average molecular weight is 700 g/mol. The van der Waals surface area contributed by atoms with E-state index < -0.39 is 0 Å². The Kier molecular flexibility index (Phi) is 15.9. The van der Waals surface area contributed by atoms with Crippen molar-refractivity contribution in [2.45, 2.75) is 104 Å². The second-order valence-electron chi connectivity index (χ2n) is 14.2. The molecule has 3 aliphatic rings. The molecule has 7 rings (SSSR count). The summed E-state index contributed by atoms with van der Waals surface area (Å²) in [5.41, 5.74) is 7.33. The molecule has 2 unspecified atom stereocenters. The van der Waals surface area contributed by atoms with Crippen molar-refractivity contribution in [2.24, 2.45) is 4.99 Å². The van der Waals surface area contributed by atoms with Crippen LogP contribution in [-0.4, -0.2) is 113 Å². The first-order chi connectivity index (χ1) is 24.8. The van der Waals surface area contributed by atoms with Crippen LogP contribution in [0, 0.1) is 6.92 Å². The third-order valence-electron chi connectivity index (χ3n) is 10.3. The van der Waals surface area contributed by atoms with E-state index in [4.69, 9.17) is 0 Å². The number of likely N-dealkylation sites (N-methyl/N-ethyl adjacent to an activating group) is 2. The summed E-state index contributed by atoms with van der Waals surface area (Å²) in [4.78, 5) is 31.1. The monoisotopic (exact) mass is 700 g/mol. The smallest absolute Gasteiger partial charge is 0.219 e. The highest BCUT2D eigenvalue weighted by atomic mass is 16.2. The number of likely N-dealkylation sites (tertiary alicyclic amines) is 2. The molecule has 0 radical (unpaired) electrons. The maximum Gasteiger partial charge on any atom is 0.219 e. The fraction of sp³-hybridized carbons (Fsp3) is 0.610. The van der Waals surface area contributed by atoms with Gasteiger partial charge in [-0.1, -0.05) is 39.3 Å². The maximum atomic E-state index is 11.5. The van der Waals surface area contributed by atoms with Crippen molar-refractivity contribution >= 4 is 34.3 Å². The lowest BCUT2D eigenvalue weighted by Gasteiger charge is -2.34. The van der Waals surface area contributed by atoms with E-state index in [1.165, 1.54) is 67.4 Å². The SMILES string of the molecule is CC.CC(=O)N1CCCC(n2cnc3ccc(C)cc32)C1.CCCc1ccc2ncn(C3CCNCC3)c2c1.CN=CN(C)C1CCCN(C)C1. The van der Waals surface area contributed by atoms with E-state index >= 15 is 0 Å². The van der Waals surface area contributed by atoms with Crippen molar-refractivity contribution in [3.05, 3.63) is 60.2 Å². The van der Waals surface area contributed by atoms with E-state index in [1.54, 1.807) is 6.92 Å². The number of piperidine rings is 3. The number of carbonyl (C=O) groups is 1. The molecule has 51 heavy (non-hydrogen) atoms. The number of nitrogens with one attached hydrogen (secondary N) is 1. The minimum absolute atomic E-state index is 0.172. The minimum Gasteiger partial charge on any atom is -0.362 e. The lowest BCUT2D eigenvalue weighted by atomic mass is 10.1. The van der Waals surface area contributed by atoms with Gasteiger partial charge < -0.3 is 29.2 Å². The molecule has 2 atom stereocenters. The lowest BCUT2D eigenvalue weighted by Crippen LogP contribution is -2.44. The number of carbonyl (C=O) groups excluding carboxylic acids is 1. The van der Waals surface area contributed by atoms with Crippen LogP contribution in [0.5, 0.6) is 0 Å². The van der Waals surface area contributed by atoms with E-state index in [0.717, 1.165) is 56.5 Å². The first-order valence-corrected chi connectivity index (χ1v) is 19.4. The van der Waals surface area contributed by atoms with Gasteiger partial charge in [-0.3, -0.25) is 9.79 Å². The fourth-order valence-corrected chi connectivity index (χ4v) is 7.53. The molecule has 0 aliphatic carbocycles. The van der Waals surface area contributed by atoms with Crippen LogP contribution in [0.3, 0.4) is 0 Å². The molecule has 280 valence electrons. The Morgan fingerprint density at radius 3 is 2.22 bits per heavy atom. The van der Waals surface area contributed by atoms with Gasteiger partial charge in [0.15, 0.2) is 0 Å². The van der Waals surface area contributed by atoms with E-state index in [-0.39, 0.29) is 5.91 Å². The highest BCUT2D eigenvalue weighted by Gasteiger charge is 2.24. The Balaban J connectivity index is 0.000000172. The molecule has 3 saturated heterocycles. The number of amides is 1. The minimum atomic E-state index is 0.172. The molecule has 10 heteroatoms. The molecule has 2 aromatic heterocycles. The molecule has 0 bridgehead atoms. The van der Waals surface area contributed by atoms with E-state index in [2.05, 4.69) is 104 Å². The van der Waals surface area contributed by atoms with Gasteiger partial charge in [-0.05, 0) is 114 Å². The molecule has 1 N–H and O–H groups in total. The normalized spacial score (nSPS) is 19.9. The second-order valence-corrected chi connectivity index (χ2v) is 14.2.